The van der Waals surface area contributed by atoms with E-state index in [1.807, 2.05) is 20.8 Å². The van der Waals surface area contributed by atoms with Gasteiger partial charge >= 0.3 is 6.18 Å². The molecule has 0 aliphatic carbocycles. The van der Waals surface area contributed by atoms with Gasteiger partial charge in [-0.3, -0.25) is 0 Å². The molecule has 0 saturated carbocycles. The van der Waals surface area contributed by atoms with Crippen molar-refractivity contribution in [3.05, 3.63) is 45.4 Å². The molecule has 0 spiro atoms. The number of anilines is 1. The molecule has 0 aliphatic rings. The fourth-order valence-corrected chi connectivity index (χ4v) is 3.08. The largest absolute Gasteiger partial charge is 0.433 e. The maximum Gasteiger partial charge on any atom is 0.433 e. The van der Waals surface area contributed by atoms with Crippen molar-refractivity contribution >= 4 is 17.0 Å². The second-order valence-corrected chi connectivity index (χ2v) is 6.12. The summed E-state index contributed by atoms with van der Waals surface area (Å²) >= 11 is 1.71. The predicted octanol–water partition coefficient (Wildman–Crippen LogP) is 4.95. The average molecular weight is 300 g/mol. The zero-order chi connectivity index (χ0) is 14.9. The van der Waals surface area contributed by atoms with Crippen molar-refractivity contribution < 1.29 is 13.2 Å². The Morgan fingerprint density at radius 3 is 2.40 bits per heavy atom. The Bertz CT molecular complexity index is 587. The summed E-state index contributed by atoms with van der Waals surface area (Å²) in [5.41, 5.74) is 0.861. The summed E-state index contributed by atoms with van der Waals surface area (Å²) in [5, 5.41) is 3.17. The Morgan fingerprint density at radius 1 is 1.25 bits per heavy atom. The molecule has 0 aromatic carbocycles. The van der Waals surface area contributed by atoms with Crippen LogP contribution in [0.2, 0.25) is 0 Å². The number of pyridine rings is 1. The Kier molecular flexibility index (Phi) is 4.04. The highest BCUT2D eigenvalue weighted by molar-refractivity contribution is 7.12. The number of nitrogens with zero attached hydrogens (tertiary/aromatic N) is 1. The number of nitrogens with one attached hydrogen (secondary N) is 1. The molecule has 20 heavy (non-hydrogen) atoms. The molecule has 1 unspecified atom stereocenters. The molecule has 2 heterocycles. The van der Waals surface area contributed by atoms with Gasteiger partial charge in [0.05, 0.1) is 11.9 Å². The van der Waals surface area contributed by atoms with Crippen molar-refractivity contribution in [2.24, 2.45) is 0 Å². The van der Waals surface area contributed by atoms with Crippen LogP contribution in [-0.2, 0) is 6.18 Å². The minimum Gasteiger partial charge on any atom is -0.377 e. The second-order valence-electron chi connectivity index (χ2n) is 4.66. The number of rotatable bonds is 3. The molecule has 1 atom stereocenters. The van der Waals surface area contributed by atoms with E-state index in [0.717, 1.165) is 11.6 Å². The molecule has 2 nitrogen and oxygen atoms in total. The summed E-state index contributed by atoms with van der Waals surface area (Å²) in [6.07, 6.45) is -3.18. The van der Waals surface area contributed by atoms with Gasteiger partial charge in [0.2, 0.25) is 0 Å². The molecular formula is C14H15F3N2S. The highest BCUT2D eigenvalue weighted by Crippen LogP contribution is 2.30. The van der Waals surface area contributed by atoms with Gasteiger partial charge in [-0.2, -0.15) is 13.2 Å². The van der Waals surface area contributed by atoms with Crippen LogP contribution in [0, 0.1) is 13.8 Å². The van der Waals surface area contributed by atoms with Gasteiger partial charge in [-0.05, 0) is 44.5 Å². The van der Waals surface area contributed by atoms with Crippen LogP contribution >= 0.6 is 11.3 Å². The average Bonchev–Trinajstić information content (AvgIpc) is 2.68. The number of aryl methyl sites for hydroxylation is 2. The molecule has 2 aromatic rings. The van der Waals surface area contributed by atoms with Gasteiger partial charge in [0.1, 0.15) is 5.69 Å². The van der Waals surface area contributed by atoms with Crippen molar-refractivity contribution in [1.82, 2.24) is 4.98 Å². The van der Waals surface area contributed by atoms with Crippen LogP contribution in [0.25, 0.3) is 0 Å². The lowest BCUT2D eigenvalue weighted by atomic mass is 10.1. The number of aromatic nitrogens is 1. The lowest BCUT2D eigenvalue weighted by Gasteiger charge is -2.15. The third-order valence-corrected chi connectivity index (χ3v) is 3.96. The highest BCUT2D eigenvalue weighted by Gasteiger charge is 2.32. The van der Waals surface area contributed by atoms with Gasteiger partial charge in [0.25, 0.3) is 0 Å². The predicted molar refractivity (Wildman–Crippen MR) is 75.1 cm³/mol. The van der Waals surface area contributed by atoms with Gasteiger partial charge < -0.3 is 5.32 Å². The van der Waals surface area contributed by atoms with Gasteiger partial charge in [-0.1, -0.05) is 0 Å². The molecular weight excluding hydrogens is 285 g/mol. The summed E-state index contributed by atoms with van der Waals surface area (Å²) in [6, 6.07) is 4.51. The van der Waals surface area contributed by atoms with Gasteiger partial charge in [-0.25, -0.2) is 4.98 Å². The number of thiophene rings is 1. The molecule has 0 fully saturated rings. The molecule has 2 rings (SSSR count). The Hall–Kier alpha value is -1.56. The summed E-state index contributed by atoms with van der Waals surface area (Å²) in [7, 11) is 0. The van der Waals surface area contributed by atoms with E-state index in [2.05, 4.69) is 16.4 Å². The molecule has 1 N–H and O–H groups in total. The van der Waals surface area contributed by atoms with Crippen LogP contribution in [0.1, 0.15) is 34.0 Å². The van der Waals surface area contributed by atoms with Crippen LogP contribution in [0.5, 0.6) is 0 Å². The maximum atomic E-state index is 12.4. The van der Waals surface area contributed by atoms with Gasteiger partial charge in [0.15, 0.2) is 0 Å². The van der Waals surface area contributed by atoms with E-state index in [4.69, 9.17) is 0 Å². The summed E-state index contributed by atoms with van der Waals surface area (Å²) < 4.78 is 37.3. The molecule has 0 bridgehead atoms. The van der Waals surface area contributed by atoms with Crippen molar-refractivity contribution in [2.75, 3.05) is 5.32 Å². The summed E-state index contributed by atoms with van der Waals surface area (Å²) in [4.78, 5) is 5.87. The minimum atomic E-state index is -4.40. The van der Waals surface area contributed by atoms with Crippen molar-refractivity contribution in [3.63, 3.8) is 0 Å². The monoisotopic (exact) mass is 300 g/mol. The van der Waals surface area contributed by atoms with E-state index in [9.17, 15) is 13.2 Å². The molecule has 0 amide bonds. The van der Waals surface area contributed by atoms with E-state index in [-0.39, 0.29) is 6.04 Å². The summed E-state index contributed by atoms with van der Waals surface area (Å²) in [6.45, 7) is 6.05. The number of hydrogen-bond acceptors (Lipinski definition) is 3. The standard InChI is InChI=1S/C14H15F3N2S/c1-8-6-12(10(3)20-8)9(2)19-11-4-5-13(18-7-11)14(15,16)17/h4-7,9,19H,1-3H3. The SMILES string of the molecule is Cc1cc(C(C)Nc2ccc(C(F)(F)F)nc2)c(C)s1. The lowest BCUT2D eigenvalue weighted by molar-refractivity contribution is -0.141. The Balaban J connectivity index is 2.12. The van der Waals surface area contributed by atoms with Crippen LogP contribution in [0.4, 0.5) is 18.9 Å². The highest BCUT2D eigenvalue weighted by atomic mass is 32.1. The first kappa shape index (κ1) is 14.8. The van der Waals surface area contributed by atoms with E-state index < -0.39 is 11.9 Å². The molecule has 108 valence electrons. The third kappa shape index (κ3) is 3.30. The number of hydrogen-bond donors (Lipinski definition) is 1. The van der Waals surface area contributed by atoms with E-state index >= 15 is 0 Å². The molecule has 0 radical (unpaired) electrons. The quantitative estimate of drug-likeness (QED) is 0.867. The second kappa shape index (κ2) is 5.44. The summed E-state index contributed by atoms with van der Waals surface area (Å²) in [5.74, 6) is 0. The lowest BCUT2D eigenvalue weighted by Crippen LogP contribution is -2.10. The number of halogens is 3. The van der Waals surface area contributed by atoms with Gasteiger partial charge in [-0.15, -0.1) is 11.3 Å². The fraction of sp³-hybridized carbons (Fsp3) is 0.357. The van der Waals surface area contributed by atoms with Crippen molar-refractivity contribution in [3.8, 4) is 0 Å². The first-order chi connectivity index (χ1) is 9.27. The van der Waals surface area contributed by atoms with Crippen molar-refractivity contribution in [1.29, 1.82) is 0 Å². The van der Waals surface area contributed by atoms with Gasteiger partial charge in [0, 0.05) is 15.8 Å². The number of alkyl halides is 3. The molecule has 0 aliphatic heterocycles. The van der Waals surface area contributed by atoms with Crippen LogP contribution in [0.3, 0.4) is 0 Å². The van der Waals surface area contributed by atoms with E-state index in [0.29, 0.717) is 5.69 Å². The van der Waals surface area contributed by atoms with Crippen LogP contribution in [0.15, 0.2) is 24.4 Å². The fourth-order valence-electron chi connectivity index (χ4n) is 2.06. The molecule has 2 aromatic heterocycles. The molecule has 6 heteroatoms. The van der Waals surface area contributed by atoms with E-state index in [1.54, 1.807) is 11.3 Å². The topological polar surface area (TPSA) is 24.9 Å². The zero-order valence-corrected chi connectivity index (χ0v) is 12.2. The Morgan fingerprint density at radius 2 is 1.95 bits per heavy atom. The van der Waals surface area contributed by atoms with E-state index in [1.165, 1.54) is 22.0 Å². The molecule has 0 saturated heterocycles. The van der Waals surface area contributed by atoms with Crippen molar-refractivity contribution in [2.45, 2.75) is 33.0 Å². The third-order valence-electron chi connectivity index (χ3n) is 2.98. The normalized spacial score (nSPS) is 13.3. The first-order valence-electron chi connectivity index (χ1n) is 6.14. The maximum absolute atomic E-state index is 12.4. The Labute approximate surface area is 119 Å². The first-order valence-corrected chi connectivity index (χ1v) is 6.95. The van der Waals surface area contributed by atoms with Crippen LogP contribution < -0.4 is 5.32 Å². The van der Waals surface area contributed by atoms with Crippen LogP contribution in [-0.4, -0.2) is 4.98 Å². The minimum absolute atomic E-state index is 0.0264. The zero-order valence-electron chi connectivity index (χ0n) is 11.4. The smallest absolute Gasteiger partial charge is 0.377 e.